The zero-order chi connectivity index (χ0) is 11.3. The van der Waals surface area contributed by atoms with E-state index < -0.39 is 0 Å². The first-order valence-corrected chi connectivity index (χ1v) is 4.74. The number of allylic oxidation sites excluding steroid dienone is 2. The van der Waals surface area contributed by atoms with Gasteiger partial charge in [-0.05, 0) is 31.1 Å². The molecule has 0 aliphatic heterocycles. The van der Waals surface area contributed by atoms with Crippen LogP contribution < -0.4 is 0 Å². The molecular weight excluding hydrogens is 188 g/mol. The molecule has 0 unspecified atom stereocenters. The van der Waals surface area contributed by atoms with E-state index in [0.29, 0.717) is 5.56 Å². The van der Waals surface area contributed by atoms with Crippen molar-refractivity contribution in [3.05, 3.63) is 35.7 Å². The third-order valence-electron chi connectivity index (χ3n) is 2.09. The molecule has 0 N–H and O–H groups in total. The van der Waals surface area contributed by atoms with Gasteiger partial charge in [0.25, 0.3) is 0 Å². The summed E-state index contributed by atoms with van der Waals surface area (Å²) >= 11 is 0. The van der Waals surface area contributed by atoms with Crippen molar-refractivity contribution in [2.24, 2.45) is 4.99 Å². The molecule has 0 radical (unpaired) electrons. The van der Waals surface area contributed by atoms with Crippen LogP contribution in [0.5, 0.6) is 0 Å². The summed E-state index contributed by atoms with van der Waals surface area (Å²) in [7, 11) is 1.71. The fourth-order valence-corrected chi connectivity index (χ4v) is 1.37. The summed E-state index contributed by atoms with van der Waals surface area (Å²) in [4.78, 5) is 19.3. The molecule has 78 valence electrons. The zero-order valence-electron chi connectivity index (χ0n) is 9.19. The molecule has 1 aromatic heterocycles. The van der Waals surface area contributed by atoms with Crippen LogP contribution in [0, 0.1) is 0 Å². The van der Waals surface area contributed by atoms with Crippen molar-refractivity contribution in [1.29, 1.82) is 0 Å². The molecular formula is C12H14N2O. The average Bonchev–Trinajstić information content (AvgIpc) is 2.26. The molecule has 0 aromatic carbocycles. The van der Waals surface area contributed by atoms with E-state index in [4.69, 9.17) is 0 Å². The van der Waals surface area contributed by atoms with E-state index in [9.17, 15) is 4.79 Å². The number of nitrogens with zero attached hydrogens (tertiary/aromatic N) is 2. The first kappa shape index (κ1) is 11.3. The van der Waals surface area contributed by atoms with Crippen LogP contribution >= 0.6 is 0 Å². The number of pyridine rings is 1. The van der Waals surface area contributed by atoms with Gasteiger partial charge in [0.2, 0.25) is 0 Å². The van der Waals surface area contributed by atoms with Gasteiger partial charge >= 0.3 is 0 Å². The fourth-order valence-electron chi connectivity index (χ4n) is 1.37. The molecule has 3 nitrogen and oxygen atoms in total. The minimum Gasteiger partial charge on any atom is -0.296 e. The highest BCUT2D eigenvalue weighted by atomic mass is 16.1. The van der Waals surface area contributed by atoms with Gasteiger partial charge in [-0.25, -0.2) is 0 Å². The monoisotopic (exact) mass is 202 g/mol. The number of hydrogen-bond donors (Lipinski definition) is 0. The number of carbonyl (C=O) groups excluding carboxylic acids is 1. The smallest absolute Gasteiger partial charge is 0.161 e. The number of carbonyl (C=O) groups is 1. The first-order chi connectivity index (χ1) is 7.20. The van der Waals surface area contributed by atoms with E-state index in [2.05, 4.69) is 9.98 Å². The molecule has 0 saturated carbocycles. The van der Waals surface area contributed by atoms with Crippen LogP contribution in [0.3, 0.4) is 0 Å². The number of hydrogen-bond acceptors (Lipinski definition) is 3. The third kappa shape index (κ3) is 2.59. The largest absolute Gasteiger partial charge is 0.296 e. The Labute approximate surface area is 89.6 Å². The van der Waals surface area contributed by atoms with E-state index >= 15 is 0 Å². The van der Waals surface area contributed by atoms with Crippen molar-refractivity contribution in [2.75, 3.05) is 7.05 Å². The molecule has 1 heterocycles. The molecule has 1 aromatic rings. The molecule has 0 bridgehead atoms. The lowest BCUT2D eigenvalue weighted by Gasteiger charge is -2.05. The van der Waals surface area contributed by atoms with Crippen LogP contribution in [0.2, 0.25) is 0 Å². The Bertz CT molecular complexity index is 419. The quantitative estimate of drug-likeness (QED) is 0.558. The molecule has 0 fully saturated rings. The van der Waals surface area contributed by atoms with Crippen molar-refractivity contribution in [3.63, 3.8) is 0 Å². The van der Waals surface area contributed by atoms with E-state index in [1.807, 2.05) is 19.1 Å². The summed E-state index contributed by atoms with van der Waals surface area (Å²) in [5, 5.41) is 0. The maximum absolute atomic E-state index is 11.4. The summed E-state index contributed by atoms with van der Waals surface area (Å²) in [6.45, 7) is 3.46. The average molecular weight is 202 g/mol. The van der Waals surface area contributed by atoms with Gasteiger partial charge in [-0.1, -0.05) is 6.08 Å². The Hall–Kier alpha value is -1.77. The molecule has 0 amide bonds. The highest BCUT2D eigenvalue weighted by molar-refractivity contribution is 6.13. The summed E-state index contributed by atoms with van der Waals surface area (Å²) in [5.41, 5.74) is 2.45. The molecule has 0 saturated heterocycles. The third-order valence-corrected chi connectivity index (χ3v) is 2.09. The second-order valence-corrected chi connectivity index (χ2v) is 3.11. The van der Waals surface area contributed by atoms with Crippen molar-refractivity contribution in [3.8, 4) is 0 Å². The van der Waals surface area contributed by atoms with Gasteiger partial charge in [0.05, 0.1) is 0 Å². The van der Waals surface area contributed by atoms with Gasteiger partial charge in [0.1, 0.15) is 0 Å². The zero-order valence-corrected chi connectivity index (χ0v) is 9.19. The minimum absolute atomic E-state index is 0.0157. The van der Waals surface area contributed by atoms with Crippen LogP contribution in [0.15, 0.2) is 29.5 Å². The number of rotatable bonds is 3. The Morgan fingerprint density at radius 2 is 2.20 bits per heavy atom. The molecule has 15 heavy (non-hydrogen) atoms. The number of Topliss-reactive ketones (excluding diaryl/α,β-unsaturated/α-hetero) is 1. The second kappa shape index (κ2) is 5.20. The topological polar surface area (TPSA) is 42.3 Å². The molecule has 0 aliphatic carbocycles. The van der Waals surface area contributed by atoms with Gasteiger partial charge in [0.15, 0.2) is 5.78 Å². The van der Waals surface area contributed by atoms with Crippen LogP contribution in [0.25, 0.3) is 5.57 Å². The Morgan fingerprint density at radius 1 is 1.47 bits per heavy atom. The predicted molar refractivity (Wildman–Crippen MR) is 62.3 cm³/mol. The first-order valence-electron chi connectivity index (χ1n) is 4.74. The number of aliphatic imine (C=N–C) groups is 1. The fraction of sp³-hybridized carbons (Fsp3) is 0.250. The molecule has 1 rings (SSSR count). The van der Waals surface area contributed by atoms with Crippen molar-refractivity contribution in [1.82, 2.24) is 4.98 Å². The molecule has 0 spiro atoms. The number of ketones is 1. The van der Waals surface area contributed by atoms with E-state index in [1.54, 1.807) is 25.7 Å². The molecule has 3 heteroatoms. The van der Waals surface area contributed by atoms with Crippen molar-refractivity contribution >= 4 is 17.6 Å². The van der Waals surface area contributed by atoms with Gasteiger partial charge in [-0.3, -0.25) is 14.8 Å². The normalized spacial score (nSPS) is 12.1. The second-order valence-electron chi connectivity index (χ2n) is 3.11. The van der Waals surface area contributed by atoms with Gasteiger partial charge in [0, 0.05) is 31.2 Å². The lowest BCUT2D eigenvalue weighted by Crippen LogP contribution is -2.00. The van der Waals surface area contributed by atoms with Crippen LogP contribution in [-0.4, -0.2) is 24.0 Å². The highest BCUT2D eigenvalue weighted by Gasteiger charge is 2.08. The molecule has 0 aliphatic rings. The summed E-state index contributed by atoms with van der Waals surface area (Å²) in [6.07, 6.45) is 6.93. The summed E-state index contributed by atoms with van der Waals surface area (Å²) in [5.74, 6) is 0.0157. The summed E-state index contributed by atoms with van der Waals surface area (Å²) < 4.78 is 0. The van der Waals surface area contributed by atoms with Crippen LogP contribution in [0.4, 0.5) is 0 Å². The van der Waals surface area contributed by atoms with Gasteiger partial charge < -0.3 is 0 Å². The maximum atomic E-state index is 11.4. The van der Waals surface area contributed by atoms with Gasteiger partial charge in [-0.15, -0.1) is 0 Å². The molecule has 0 atom stereocenters. The predicted octanol–water partition coefficient (Wildman–Crippen LogP) is 2.39. The van der Waals surface area contributed by atoms with Crippen LogP contribution in [0.1, 0.15) is 29.8 Å². The summed E-state index contributed by atoms with van der Waals surface area (Å²) in [6, 6.07) is 1.83. The Kier molecular flexibility index (Phi) is 3.92. The Balaban J connectivity index is 3.29. The van der Waals surface area contributed by atoms with Gasteiger partial charge in [-0.2, -0.15) is 0 Å². The standard InChI is InChI=1S/C12H14N2O/c1-4-10(7-13-3)11-5-6-14-8-12(11)9(2)15/h4-8H,1-3H3/b10-4+,13-7?. The number of aromatic nitrogens is 1. The highest BCUT2D eigenvalue weighted by Crippen LogP contribution is 2.17. The van der Waals surface area contributed by atoms with E-state index in [0.717, 1.165) is 11.1 Å². The maximum Gasteiger partial charge on any atom is 0.161 e. The van der Waals surface area contributed by atoms with Crippen molar-refractivity contribution < 1.29 is 4.79 Å². The van der Waals surface area contributed by atoms with E-state index in [-0.39, 0.29) is 5.78 Å². The Morgan fingerprint density at radius 3 is 2.73 bits per heavy atom. The SMILES string of the molecule is C/C=C(\C=NC)c1ccncc1C(C)=O. The van der Waals surface area contributed by atoms with Crippen molar-refractivity contribution in [2.45, 2.75) is 13.8 Å². The lowest BCUT2D eigenvalue weighted by atomic mass is 10.0. The lowest BCUT2D eigenvalue weighted by molar-refractivity contribution is 0.101. The minimum atomic E-state index is 0.0157. The van der Waals surface area contributed by atoms with Crippen LogP contribution in [-0.2, 0) is 0 Å². The van der Waals surface area contributed by atoms with E-state index in [1.165, 1.54) is 6.92 Å².